The molecule has 0 amide bonds. The molecule has 0 aliphatic heterocycles. The summed E-state index contributed by atoms with van der Waals surface area (Å²) in [5, 5.41) is 42.6. The van der Waals surface area contributed by atoms with Crippen molar-refractivity contribution in [2.75, 3.05) is 0 Å². The Morgan fingerprint density at radius 2 is 1.60 bits per heavy atom. The van der Waals surface area contributed by atoms with Crippen LogP contribution in [0.4, 0.5) is 0 Å². The van der Waals surface area contributed by atoms with E-state index in [4.69, 9.17) is 0 Å². The number of carbonyl (C=O) groups is 3. The Morgan fingerprint density at radius 3 is 2.11 bits per heavy atom. The lowest BCUT2D eigenvalue weighted by Crippen LogP contribution is -2.70. The van der Waals surface area contributed by atoms with Crippen LogP contribution in [0.15, 0.2) is 59.2 Å². The summed E-state index contributed by atoms with van der Waals surface area (Å²) in [5.74, 6) is -4.00. The molecule has 2 bridgehead atoms. The fourth-order valence-electron chi connectivity index (χ4n) is 7.32. The van der Waals surface area contributed by atoms with Crippen molar-refractivity contribution in [2.45, 2.75) is 106 Å². The number of ketones is 3. The van der Waals surface area contributed by atoms with Gasteiger partial charge in [-0.3, -0.25) is 14.4 Å². The third kappa shape index (κ3) is 6.60. The number of carbonyl (C=O) groups excluding carboxylic acids is 3. The average Bonchev–Trinajstić information content (AvgIpc) is 2.91. The van der Waals surface area contributed by atoms with Gasteiger partial charge >= 0.3 is 0 Å². The molecule has 7 nitrogen and oxygen atoms in total. The minimum atomic E-state index is -1.72. The first kappa shape index (κ1) is 36.0. The summed E-state index contributed by atoms with van der Waals surface area (Å²) >= 11 is 0. The molecule has 1 aromatic carbocycles. The van der Waals surface area contributed by atoms with Crippen molar-refractivity contribution < 1.29 is 34.8 Å². The molecule has 1 aromatic rings. The van der Waals surface area contributed by atoms with Crippen LogP contribution >= 0.6 is 0 Å². The van der Waals surface area contributed by atoms with Gasteiger partial charge in [-0.25, -0.2) is 0 Å². The van der Waals surface area contributed by atoms with Crippen LogP contribution in [0.25, 0.3) is 5.76 Å². The highest BCUT2D eigenvalue weighted by Crippen LogP contribution is 2.66. The van der Waals surface area contributed by atoms with Gasteiger partial charge in [0.15, 0.2) is 28.8 Å². The van der Waals surface area contributed by atoms with Crippen molar-refractivity contribution in [3.8, 4) is 11.5 Å². The molecule has 0 spiro atoms. The zero-order valence-corrected chi connectivity index (χ0v) is 28.5. The number of aliphatic hydroxyl groups is 2. The summed E-state index contributed by atoms with van der Waals surface area (Å²) in [6, 6.07) is 3.57. The molecule has 4 N–H and O–H groups in total. The molecule has 0 unspecified atom stereocenters. The summed E-state index contributed by atoms with van der Waals surface area (Å²) in [6.07, 6.45) is 5.67. The fraction of sp³-hybridized carbons (Fsp3) is 0.553. The van der Waals surface area contributed by atoms with Crippen molar-refractivity contribution in [3.05, 3.63) is 64.8 Å². The number of phenolic OH excluding ortho intramolecular Hbond substituents is 2. The van der Waals surface area contributed by atoms with Crippen LogP contribution in [0.3, 0.4) is 0 Å². The Balaban J connectivity index is 2.46. The van der Waals surface area contributed by atoms with Crippen LogP contribution in [-0.2, 0) is 14.4 Å². The molecule has 246 valence electrons. The van der Waals surface area contributed by atoms with E-state index in [1.165, 1.54) is 12.1 Å². The van der Waals surface area contributed by atoms with Gasteiger partial charge in [-0.05, 0) is 122 Å². The molecule has 2 aliphatic rings. The topological polar surface area (TPSA) is 132 Å². The van der Waals surface area contributed by atoms with E-state index in [9.17, 15) is 30.0 Å². The first-order chi connectivity index (χ1) is 20.6. The Morgan fingerprint density at radius 1 is 1.00 bits per heavy atom. The molecule has 2 fully saturated rings. The highest BCUT2D eigenvalue weighted by atomic mass is 16.3. The first-order valence-corrected chi connectivity index (χ1v) is 15.9. The normalized spacial score (nSPS) is 26.3. The zero-order valence-electron chi connectivity index (χ0n) is 28.5. The minimum absolute atomic E-state index is 0.00909. The Bertz CT molecular complexity index is 1470. The number of fused-ring (bicyclic) bond motifs is 2. The van der Waals surface area contributed by atoms with Gasteiger partial charge in [-0.1, -0.05) is 49.3 Å². The smallest absolute Gasteiger partial charge is 0.184 e. The van der Waals surface area contributed by atoms with E-state index in [-0.39, 0.29) is 43.1 Å². The van der Waals surface area contributed by atoms with Gasteiger partial charge < -0.3 is 20.4 Å². The van der Waals surface area contributed by atoms with Crippen molar-refractivity contribution >= 4 is 23.1 Å². The van der Waals surface area contributed by atoms with Gasteiger partial charge in [-0.15, -0.1) is 0 Å². The number of hydrogen-bond acceptors (Lipinski definition) is 7. The van der Waals surface area contributed by atoms with Gasteiger partial charge in [0.05, 0.1) is 16.4 Å². The van der Waals surface area contributed by atoms with E-state index in [0.29, 0.717) is 12.8 Å². The first-order valence-electron chi connectivity index (χ1n) is 15.9. The molecule has 3 rings (SSSR count). The van der Waals surface area contributed by atoms with E-state index < -0.39 is 62.0 Å². The number of aromatic hydroxyl groups is 2. The Hall–Kier alpha value is -3.45. The van der Waals surface area contributed by atoms with Crippen molar-refractivity contribution in [1.29, 1.82) is 0 Å². The maximum absolute atomic E-state index is 15.2. The quantitative estimate of drug-likeness (QED) is 0.0493. The van der Waals surface area contributed by atoms with Crippen molar-refractivity contribution in [1.82, 2.24) is 0 Å². The lowest BCUT2D eigenvalue weighted by molar-refractivity contribution is -0.179. The summed E-state index contributed by atoms with van der Waals surface area (Å²) in [5.41, 5.74) is -3.03. The summed E-state index contributed by atoms with van der Waals surface area (Å²) in [7, 11) is 0. The minimum Gasteiger partial charge on any atom is -0.506 e. The van der Waals surface area contributed by atoms with Crippen LogP contribution in [-0.4, -0.2) is 43.4 Å². The van der Waals surface area contributed by atoms with Crippen molar-refractivity contribution in [2.24, 2.45) is 28.1 Å². The molecular weight excluding hydrogens is 568 g/mol. The number of allylic oxidation sites excluding steroid dienone is 6. The van der Waals surface area contributed by atoms with Gasteiger partial charge in [0.25, 0.3) is 0 Å². The van der Waals surface area contributed by atoms with Crippen LogP contribution in [0.1, 0.15) is 106 Å². The van der Waals surface area contributed by atoms with Crippen molar-refractivity contribution in [3.63, 3.8) is 0 Å². The van der Waals surface area contributed by atoms with E-state index >= 15 is 4.79 Å². The number of Topliss-reactive ketones (excluding diaryl/α,β-unsaturated/α-hetero) is 3. The van der Waals surface area contributed by atoms with E-state index in [1.54, 1.807) is 13.8 Å². The Kier molecular flexibility index (Phi) is 10.2. The highest BCUT2D eigenvalue weighted by molar-refractivity contribution is 6.41. The zero-order chi connectivity index (χ0) is 34.3. The van der Waals surface area contributed by atoms with E-state index in [0.717, 1.165) is 22.8 Å². The molecular formula is C38H52O7. The van der Waals surface area contributed by atoms with E-state index in [2.05, 4.69) is 18.7 Å². The van der Waals surface area contributed by atoms with Gasteiger partial charge in [-0.2, -0.15) is 0 Å². The van der Waals surface area contributed by atoms with Crippen LogP contribution < -0.4 is 0 Å². The molecule has 4 atom stereocenters. The van der Waals surface area contributed by atoms with Crippen LogP contribution in [0.2, 0.25) is 0 Å². The molecule has 0 saturated heterocycles. The molecule has 0 aromatic heterocycles. The second-order valence-electron chi connectivity index (χ2n) is 15.1. The molecule has 7 heteroatoms. The lowest BCUT2D eigenvalue weighted by Gasteiger charge is -2.61. The monoisotopic (exact) mass is 620 g/mol. The third-order valence-corrected chi connectivity index (χ3v) is 10.3. The molecule has 45 heavy (non-hydrogen) atoms. The number of rotatable bonds is 11. The largest absolute Gasteiger partial charge is 0.506 e. The lowest BCUT2D eigenvalue weighted by atomic mass is 9.38. The summed E-state index contributed by atoms with van der Waals surface area (Å²) in [6.45, 7) is 21.1. The van der Waals surface area contributed by atoms with Gasteiger partial charge in [0.2, 0.25) is 0 Å². The summed E-state index contributed by atoms with van der Waals surface area (Å²) < 4.78 is 0. The molecule has 0 radical (unpaired) electrons. The standard InChI is InChI=1S/C38H52O7/c1-22(2)11-13-26(24(5)6)20-37-21-27(15-12-23(3)4)36(9,10)38(34(37)44,18-17-35(7,8)45)33(43)30(32(37)42)31(41)25-14-16-28(39)29(40)19-25/h11-12,14,16,19,26-27,39-41,45H,5,13,15,17-18,20-21H2,1-4,6-10H3/t26-,27-,37-,38+/m1/s1. The predicted octanol–water partition coefficient (Wildman–Crippen LogP) is 7.95. The number of benzene rings is 1. The second kappa shape index (κ2) is 12.7. The third-order valence-electron chi connectivity index (χ3n) is 10.3. The number of aliphatic hydroxyl groups excluding tert-OH is 1. The highest BCUT2D eigenvalue weighted by Gasteiger charge is 2.74. The average molecular weight is 621 g/mol. The Labute approximate surface area is 268 Å². The second-order valence-corrected chi connectivity index (χ2v) is 15.1. The molecule has 2 saturated carbocycles. The number of phenols is 2. The number of hydrogen-bond donors (Lipinski definition) is 4. The maximum atomic E-state index is 15.2. The van der Waals surface area contributed by atoms with Gasteiger partial charge in [0.1, 0.15) is 11.3 Å². The molecule has 2 aliphatic carbocycles. The van der Waals surface area contributed by atoms with Crippen LogP contribution in [0.5, 0.6) is 11.5 Å². The van der Waals surface area contributed by atoms with Gasteiger partial charge in [0, 0.05) is 5.56 Å². The SMILES string of the molecule is C=C(C)[C@H](CC=C(C)C)C[C@@]12C[C@@H](CC=C(C)C)C(C)(C)[C@@](CCC(C)(C)O)(C(=O)C(=C(O)c3ccc(O)c(O)c3)C1=O)C2=O. The summed E-state index contributed by atoms with van der Waals surface area (Å²) in [4.78, 5) is 45.1. The fourth-order valence-corrected chi connectivity index (χ4v) is 7.32. The van der Waals surface area contributed by atoms with Crippen LogP contribution in [0, 0.1) is 28.1 Å². The molecule has 0 heterocycles. The van der Waals surface area contributed by atoms with E-state index in [1.807, 2.05) is 48.5 Å². The maximum Gasteiger partial charge on any atom is 0.184 e. The predicted molar refractivity (Wildman–Crippen MR) is 178 cm³/mol.